The van der Waals surface area contributed by atoms with Crippen molar-refractivity contribution < 1.29 is 4.79 Å². The molecule has 5 nitrogen and oxygen atoms in total. The van der Waals surface area contributed by atoms with Gasteiger partial charge in [-0.05, 0) is 19.1 Å². The molecule has 1 saturated heterocycles. The van der Waals surface area contributed by atoms with E-state index in [9.17, 15) is 4.79 Å². The van der Waals surface area contributed by atoms with Crippen molar-refractivity contribution >= 4 is 11.6 Å². The standard InChI is InChI=1S/C15H20N4O/c1-12-11-19(9-7-17-12)8-6-15(20)18-14-5-3-2-4-13(14)10-16/h2-5,12,17H,6-9,11H2,1H3,(H,18,20)/t12-/m0/s1. The van der Waals surface area contributed by atoms with Gasteiger partial charge in [0.25, 0.3) is 0 Å². The van der Waals surface area contributed by atoms with E-state index in [1.807, 2.05) is 6.07 Å². The Balaban J connectivity index is 1.82. The molecule has 1 aliphatic rings. The van der Waals surface area contributed by atoms with E-state index in [0.717, 1.165) is 26.2 Å². The van der Waals surface area contributed by atoms with Crippen molar-refractivity contribution in [2.45, 2.75) is 19.4 Å². The molecule has 0 bridgehead atoms. The Morgan fingerprint density at radius 3 is 3.10 bits per heavy atom. The second kappa shape index (κ2) is 7.04. The summed E-state index contributed by atoms with van der Waals surface area (Å²) in [6, 6.07) is 9.61. The molecule has 1 heterocycles. The average molecular weight is 272 g/mol. The number of para-hydroxylation sites is 1. The molecule has 0 unspecified atom stereocenters. The van der Waals surface area contributed by atoms with Gasteiger partial charge in [0.15, 0.2) is 0 Å². The summed E-state index contributed by atoms with van der Waals surface area (Å²) in [5, 5.41) is 15.2. The van der Waals surface area contributed by atoms with Crippen LogP contribution in [0.5, 0.6) is 0 Å². The van der Waals surface area contributed by atoms with E-state index >= 15 is 0 Å². The van der Waals surface area contributed by atoms with Gasteiger partial charge < -0.3 is 15.5 Å². The number of hydrogen-bond acceptors (Lipinski definition) is 4. The fraction of sp³-hybridized carbons (Fsp3) is 0.467. The van der Waals surface area contributed by atoms with Crippen LogP contribution in [-0.2, 0) is 4.79 Å². The summed E-state index contributed by atoms with van der Waals surface area (Å²) in [6.07, 6.45) is 0.451. The Labute approximate surface area is 119 Å². The minimum atomic E-state index is -0.0427. The van der Waals surface area contributed by atoms with Crippen molar-refractivity contribution in [3.8, 4) is 6.07 Å². The molecule has 1 aliphatic heterocycles. The highest BCUT2D eigenvalue weighted by molar-refractivity contribution is 5.92. The molecule has 1 aromatic rings. The van der Waals surface area contributed by atoms with Gasteiger partial charge in [0.05, 0.1) is 11.3 Å². The first kappa shape index (κ1) is 14.5. The number of hydrogen-bond donors (Lipinski definition) is 2. The maximum atomic E-state index is 11.9. The van der Waals surface area contributed by atoms with Crippen LogP contribution >= 0.6 is 0 Å². The van der Waals surface area contributed by atoms with Crippen molar-refractivity contribution in [2.24, 2.45) is 0 Å². The number of piperazine rings is 1. The Kier molecular flexibility index (Phi) is 5.10. The van der Waals surface area contributed by atoms with Crippen molar-refractivity contribution in [3.63, 3.8) is 0 Å². The van der Waals surface area contributed by atoms with Gasteiger partial charge in [0.2, 0.25) is 5.91 Å². The molecular weight excluding hydrogens is 252 g/mol. The van der Waals surface area contributed by atoms with Gasteiger partial charge in [-0.25, -0.2) is 0 Å². The van der Waals surface area contributed by atoms with Gasteiger partial charge >= 0.3 is 0 Å². The van der Waals surface area contributed by atoms with Crippen LogP contribution in [0.25, 0.3) is 0 Å². The van der Waals surface area contributed by atoms with Gasteiger partial charge in [-0.15, -0.1) is 0 Å². The van der Waals surface area contributed by atoms with Crippen molar-refractivity contribution in [3.05, 3.63) is 29.8 Å². The fourth-order valence-corrected chi connectivity index (χ4v) is 2.38. The molecule has 106 valence electrons. The van der Waals surface area contributed by atoms with Crippen LogP contribution in [0.4, 0.5) is 5.69 Å². The van der Waals surface area contributed by atoms with E-state index in [1.54, 1.807) is 18.2 Å². The summed E-state index contributed by atoms with van der Waals surface area (Å²) in [6.45, 7) is 5.83. The minimum absolute atomic E-state index is 0.0427. The number of rotatable bonds is 4. The van der Waals surface area contributed by atoms with Gasteiger partial charge in [-0.3, -0.25) is 4.79 Å². The van der Waals surface area contributed by atoms with E-state index in [4.69, 9.17) is 5.26 Å². The molecule has 1 amide bonds. The van der Waals surface area contributed by atoms with Crippen LogP contribution in [0.1, 0.15) is 18.9 Å². The maximum absolute atomic E-state index is 11.9. The molecule has 0 saturated carbocycles. The highest BCUT2D eigenvalue weighted by Gasteiger charge is 2.16. The van der Waals surface area contributed by atoms with Gasteiger partial charge in [0, 0.05) is 38.6 Å². The van der Waals surface area contributed by atoms with Gasteiger partial charge in [-0.1, -0.05) is 12.1 Å². The first-order chi connectivity index (χ1) is 9.69. The number of carbonyl (C=O) groups is 1. The summed E-state index contributed by atoms with van der Waals surface area (Å²) < 4.78 is 0. The number of carbonyl (C=O) groups excluding carboxylic acids is 1. The lowest BCUT2D eigenvalue weighted by Crippen LogP contribution is -2.49. The molecule has 5 heteroatoms. The third-order valence-corrected chi connectivity index (χ3v) is 3.43. The van der Waals surface area contributed by atoms with E-state index < -0.39 is 0 Å². The number of amides is 1. The molecule has 2 rings (SSSR count). The first-order valence-corrected chi connectivity index (χ1v) is 6.94. The summed E-state index contributed by atoms with van der Waals surface area (Å²) in [5.41, 5.74) is 1.09. The van der Waals surface area contributed by atoms with E-state index in [1.165, 1.54) is 0 Å². The van der Waals surface area contributed by atoms with E-state index in [-0.39, 0.29) is 5.91 Å². The molecule has 1 aromatic carbocycles. The Morgan fingerprint density at radius 2 is 2.35 bits per heavy atom. The SMILES string of the molecule is C[C@H]1CN(CCC(=O)Nc2ccccc2C#N)CCN1. The zero-order valence-electron chi connectivity index (χ0n) is 11.7. The molecule has 0 spiro atoms. The third-order valence-electron chi connectivity index (χ3n) is 3.43. The zero-order chi connectivity index (χ0) is 14.4. The number of anilines is 1. The first-order valence-electron chi connectivity index (χ1n) is 6.94. The average Bonchev–Trinajstić information content (AvgIpc) is 2.46. The summed E-state index contributed by atoms with van der Waals surface area (Å²) >= 11 is 0. The van der Waals surface area contributed by atoms with Crippen LogP contribution in [0.2, 0.25) is 0 Å². The predicted octanol–water partition coefficient (Wildman–Crippen LogP) is 1.18. The summed E-state index contributed by atoms with van der Waals surface area (Å²) in [4.78, 5) is 14.2. The van der Waals surface area contributed by atoms with E-state index in [2.05, 4.69) is 28.5 Å². The number of nitriles is 1. The van der Waals surface area contributed by atoms with Gasteiger partial charge in [0.1, 0.15) is 6.07 Å². The number of benzene rings is 1. The smallest absolute Gasteiger partial charge is 0.225 e. The van der Waals surface area contributed by atoms with Crippen LogP contribution in [0.3, 0.4) is 0 Å². The molecule has 0 radical (unpaired) electrons. The maximum Gasteiger partial charge on any atom is 0.225 e. The third kappa shape index (κ3) is 4.05. The van der Waals surface area contributed by atoms with E-state index in [0.29, 0.717) is 23.7 Å². The van der Waals surface area contributed by atoms with Crippen LogP contribution in [0.15, 0.2) is 24.3 Å². The quantitative estimate of drug-likeness (QED) is 0.863. The van der Waals surface area contributed by atoms with Crippen molar-refractivity contribution in [1.82, 2.24) is 10.2 Å². The highest BCUT2D eigenvalue weighted by Crippen LogP contribution is 2.13. The normalized spacial score (nSPS) is 19.3. The second-order valence-electron chi connectivity index (χ2n) is 5.11. The highest BCUT2D eigenvalue weighted by atomic mass is 16.1. The Bertz CT molecular complexity index is 509. The fourth-order valence-electron chi connectivity index (χ4n) is 2.38. The minimum Gasteiger partial charge on any atom is -0.325 e. The molecule has 20 heavy (non-hydrogen) atoms. The monoisotopic (exact) mass is 272 g/mol. The lowest BCUT2D eigenvalue weighted by molar-refractivity contribution is -0.116. The Hall–Kier alpha value is -1.90. The predicted molar refractivity (Wildman–Crippen MR) is 78.3 cm³/mol. The molecule has 0 aliphatic carbocycles. The van der Waals surface area contributed by atoms with Gasteiger partial charge in [-0.2, -0.15) is 5.26 Å². The van der Waals surface area contributed by atoms with Crippen LogP contribution < -0.4 is 10.6 Å². The lowest BCUT2D eigenvalue weighted by atomic mass is 10.2. The largest absolute Gasteiger partial charge is 0.325 e. The summed E-state index contributed by atoms with van der Waals surface area (Å²) in [5.74, 6) is -0.0427. The number of nitrogens with one attached hydrogen (secondary N) is 2. The van der Waals surface area contributed by atoms with Crippen LogP contribution in [-0.4, -0.2) is 43.0 Å². The lowest BCUT2D eigenvalue weighted by Gasteiger charge is -2.31. The zero-order valence-corrected chi connectivity index (χ0v) is 11.7. The molecular formula is C15H20N4O. The molecule has 1 atom stereocenters. The van der Waals surface area contributed by atoms with Crippen molar-refractivity contribution in [1.29, 1.82) is 5.26 Å². The Morgan fingerprint density at radius 1 is 1.55 bits per heavy atom. The molecule has 2 N–H and O–H groups in total. The topological polar surface area (TPSA) is 68.2 Å². The van der Waals surface area contributed by atoms with Crippen molar-refractivity contribution in [2.75, 3.05) is 31.5 Å². The molecule has 1 fully saturated rings. The summed E-state index contributed by atoms with van der Waals surface area (Å²) in [7, 11) is 0. The van der Waals surface area contributed by atoms with Crippen LogP contribution in [0, 0.1) is 11.3 Å². The second-order valence-corrected chi connectivity index (χ2v) is 5.11. The molecule has 0 aromatic heterocycles. The number of nitrogens with zero attached hydrogens (tertiary/aromatic N) is 2.